The maximum atomic E-state index is 11.9. The van der Waals surface area contributed by atoms with Crippen LogP contribution in [0.3, 0.4) is 0 Å². The van der Waals surface area contributed by atoms with Gasteiger partial charge in [0.05, 0.1) is 12.7 Å². The van der Waals surface area contributed by atoms with Crippen molar-refractivity contribution >= 4 is 22.4 Å². The molecule has 0 spiro atoms. The molecule has 0 saturated carbocycles. The quantitative estimate of drug-likeness (QED) is 0.643. The van der Waals surface area contributed by atoms with Crippen molar-refractivity contribution in [2.75, 3.05) is 12.4 Å². The van der Waals surface area contributed by atoms with Gasteiger partial charge in [-0.1, -0.05) is 48.5 Å². The molecule has 0 aliphatic heterocycles. The number of hydrogen-bond donors (Lipinski definition) is 1. The van der Waals surface area contributed by atoms with Gasteiger partial charge in [0.2, 0.25) is 0 Å². The zero-order valence-corrected chi connectivity index (χ0v) is 15.1. The third-order valence-electron chi connectivity index (χ3n) is 4.03. The Morgan fingerprint density at radius 3 is 2.36 bits per heavy atom. The highest BCUT2D eigenvalue weighted by Gasteiger charge is 2.17. The van der Waals surface area contributed by atoms with E-state index in [1.54, 1.807) is 0 Å². The van der Waals surface area contributed by atoms with Gasteiger partial charge in [-0.15, -0.1) is 0 Å². The molecular formula is C22H23NO2. The van der Waals surface area contributed by atoms with Gasteiger partial charge in [-0.2, -0.15) is 0 Å². The number of benzene rings is 3. The van der Waals surface area contributed by atoms with Crippen LogP contribution in [0.4, 0.5) is 5.69 Å². The smallest absolute Gasteiger partial charge is 0.337 e. The fourth-order valence-corrected chi connectivity index (χ4v) is 2.99. The van der Waals surface area contributed by atoms with Crippen molar-refractivity contribution in [1.82, 2.24) is 0 Å². The van der Waals surface area contributed by atoms with E-state index in [1.807, 2.05) is 30.3 Å². The number of carbonyl (C=O) groups excluding carboxylic acids is 1. The molecule has 3 nitrogen and oxygen atoms in total. The largest absolute Gasteiger partial charge is 0.465 e. The Kier molecular flexibility index (Phi) is 4.49. The van der Waals surface area contributed by atoms with Crippen molar-refractivity contribution in [2.45, 2.75) is 26.3 Å². The Morgan fingerprint density at radius 1 is 0.920 bits per heavy atom. The highest BCUT2D eigenvalue weighted by atomic mass is 16.5. The summed E-state index contributed by atoms with van der Waals surface area (Å²) in [5, 5.41) is 5.91. The average Bonchev–Trinajstić information content (AvgIpc) is 2.59. The maximum absolute atomic E-state index is 11.9. The summed E-state index contributed by atoms with van der Waals surface area (Å²) in [6, 6.07) is 20.3. The van der Waals surface area contributed by atoms with E-state index in [0.29, 0.717) is 5.56 Å². The van der Waals surface area contributed by atoms with Crippen molar-refractivity contribution in [2.24, 2.45) is 0 Å². The van der Waals surface area contributed by atoms with Crippen LogP contribution in [0.25, 0.3) is 21.9 Å². The van der Waals surface area contributed by atoms with Crippen LogP contribution in [0.15, 0.2) is 60.7 Å². The standard InChI is InChI=1S/C22H23NO2/c1-22(2,3)23-20-14-16(21(24)25-4)12-13-19(20)18-11-7-9-15-8-5-6-10-17(15)18/h5-14,23H,1-4H3. The Morgan fingerprint density at radius 2 is 1.64 bits per heavy atom. The van der Waals surface area contributed by atoms with Crippen molar-refractivity contribution in [3.8, 4) is 11.1 Å². The summed E-state index contributed by atoms with van der Waals surface area (Å²) < 4.78 is 4.87. The summed E-state index contributed by atoms with van der Waals surface area (Å²) in [5.41, 5.74) is 3.54. The summed E-state index contributed by atoms with van der Waals surface area (Å²) in [6.45, 7) is 6.31. The van der Waals surface area contributed by atoms with E-state index in [9.17, 15) is 4.79 Å². The van der Waals surface area contributed by atoms with Crippen LogP contribution in [0.2, 0.25) is 0 Å². The van der Waals surface area contributed by atoms with Crippen LogP contribution < -0.4 is 5.32 Å². The van der Waals surface area contributed by atoms with Gasteiger partial charge in [0.15, 0.2) is 0 Å². The molecule has 0 radical (unpaired) electrons. The Hall–Kier alpha value is -2.81. The molecule has 0 aromatic heterocycles. The first-order valence-corrected chi connectivity index (χ1v) is 8.38. The lowest BCUT2D eigenvalue weighted by Gasteiger charge is -2.25. The molecule has 3 rings (SSSR count). The normalized spacial score (nSPS) is 11.4. The van der Waals surface area contributed by atoms with E-state index in [1.165, 1.54) is 17.9 Å². The number of rotatable bonds is 3. The van der Waals surface area contributed by atoms with Gasteiger partial charge in [0, 0.05) is 16.8 Å². The first-order chi connectivity index (χ1) is 11.9. The average molecular weight is 333 g/mol. The van der Waals surface area contributed by atoms with Crippen molar-refractivity contribution < 1.29 is 9.53 Å². The number of ether oxygens (including phenoxy) is 1. The van der Waals surface area contributed by atoms with E-state index in [4.69, 9.17) is 4.74 Å². The number of methoxy groups -OCH3 is 1. The molecule has 0 atom stereocenters. The molecule has 0 unspecified atom stereocenters. The van der Waals surface area contributed by atoms with Gasteiger partial charge < -0.3 is 10.1 Å². The second-order valence-electron chi connectivity index (χ2n) is 7.15. The molecule has 0 heterocycles. The first kappa shape index (κ1) is 17.0. The minimum Gasteiger partial charge on any atom is -0.465 e. The molecule has 0 fully saturated rings. The van der Waals surface area contributed by atoms with Crippen LogP contribution in [0.5, 0.6) is 0 Å². The lowest BCUT2D eigenvalue weighted by molar-refractivity contribution is 0.0601. The zero-order valence-electron chi connectivity index (χ0n) is 15.1. The molecule has 3 aromatic carbocycles. The summed E-state index contributed by atoms with van der Waals surface area (Å²) in [5.74, 6) is -0.332. The van der Waals surface area contributed by atoms with Gasteiger partial charge in [0.25, 0.3) is 0 Å². The Balaban J connectivity index is 2.22. The molecule has 3 heteroatoms. The van der Waals surface area contributed by atoms with E-state index in [-0.39, 0.29) is 11.5 Å². The molecule has 1 N–H and O–H groups in total. The SMILES string of the molecule is COC(=O)c1ccc(-c2cccc3ccccc23)c(NC(C)(C)C)c1. The minimum atomic E-state index is -0.332. The molecule has 128 valence electrons. The topological polar surface area (TPSA) is 38.3 Å². The summed E-state index contributed by atoms with van der Waals surface area (Å²) in [4.78, 5) is 11.9. The van der Waals surface area contributed by atoms with Gasteiger partial charge in [-0.05, 0) is 49.2 Å². The second kappa shape index (κ2) is 6.60. The van der Waals surface area contributed by atoms with Crippen LogP contribution in [-0.4, -0.2) is 18.6 Å². The molecule has 3 aromatic rings. The number of hydrogen-bond acceptors (Lipinski definition) is 3. The highest BCUT2D eigenvalue weighted by Crippen LogP contribution is 2.35. The Bertz CT molecular complexity index is 917. The van der Waals surface area contributed by atoms with E-state index >= 15 is 0 Å². The number of esters is 1. The predicted molar refractivity (Wildman–Crippen MR) is 104 cm³/mol. The van der Waals surface area contributed by atoms with Gasteiger partial charge >= 0.3 is 5.97 Å². The Labute approximate surface area is 148 Å². The molecule has 0 saturated heterocycles. The third-order valence-corrected chi connectivity index (χ3v) is 4.03. The second-order valence-corrected chi connectivity index (χ2v) is 7.15. The van der Waals surface area contributed by atoms with Gasteiger partial charge in [0.1, 0.15) is 0 Å². The molecular weight excluding hydrogens is 310 g/mol. The van der Waals surface area contributed by atoms with E-state index in [2.05, 4.69) is 56.4 Å². The molecule has 0 aliphatic rings. The summed E-state index contributed by atoms with van der Waals surface area (Å²) in [6.07, 6.45) is 0. The van der Waals surface area contributed by atoms with Crippen LogP contribution in [0.1, 0.15) is 31.1 Å². The first-order valence-electron chi connectivity index (χ1n) is 8.38. The number of fused-ring (bicyclic) bond motifs is 1. The fraction of sp³-hybridized carbons (Fsp3) is 0.227. The monoisotopic (exact) mass is 333 g/mol. The minimum absolute atomic E-state index is 0.131. The van der Waals surface area contributed by atoms with E-state index < -0.39 is 0 Å². The lowest BCUT2D eigenvalue weighted by Crippen LogP contribution is -2.26. The number of nitrogens with one attached hydrogen (secondary N) is 1. The lowest BCUT2D eigenvalue weighted by atomic mass is 9.95. The number of carbonyl (C=O) groups is 1. The van der Waals surface area contributed by atoms with Crippen LogP contribution >= 0.6 is 0 Å². The van der Waals surface area contributed by atoms with Crippen LogP contribution in [0, 0.1) is 0 Å². The van der Waals surface area contributed by atoms with Crippen LogP contribution in [-0.2, 0) is 4.74 Å². The highest BCUT2D eigenvalue weighted by molar-refractivity contribution is 6.01. The van der Waals surface area contributed by atoms with Crippen molar-refractivity contribution in [3.05, 3.63) is 66.2 Å². The third kappa shape index (κ3) is 3.66. The van der Waals surface area contributed by atoms with E-state index in [0.717, 1.165) is 16.8 Å². The predicted octanol–water partition coefficient (Wildman–Crippen LogP) is 5.50. The summed E-state index contributed by atoms with van der Waals surface area (Å²) >= 11 is 0. The molecule has 0 bridgehead atoms. The van der Waals surface area contributed by atoms with Gasteiger partial charge in [-0.25, -0.2) is 4.79 Å². The molecule has 25 heavy (non-hydrogen) atoms. The fourth-order valence-electron chi connectivity index (χ4n) is 2.99. The summed E-state index contributed by atoms with van der Waals surface area (Å²) in [7, 11) is 1.40. The zero-order chi connectivity index (χ0) is 18.0. The van der Waals surface area contributed by atoms with Gasteiger partial charge in [-0.3, -0.25) is 0 Å². The molecule has 0 amide bonds. The maximum Gasteiger partial charge on any atom is 0.337 e. The molecule has 0 aliphatic carbocycles. The van der Waals surface area contributed by atoms with Crippen molar-refractivity contribution in [3.63, 3.8) is 0 Å². The number of anilines is 1. The van der Waals surface area contributed by atoms with Crippen molar-refractivity contribution in [1.29, 1.82) is 0 Å².